The Hall–Kier alpha value is -1.02. The zero-order valence-corrected chi connectivity index (χ0v) is 12.8. The number of alkyl halides is 1. The first kappa shape index (κ1) is 12.7. The average molecular weight is 289 g/mol. The van der Waals surface area contributed by atoms with Crippen molar-refractivity contribution in [1.82, 2.24) is 9.55 Å². The minimum absolute atomic E-state index is 0.596. The summed E-state index contributed by atoms with van der Waals surface area (Å²) >= 11 is 5.98. The summed E-state index contributed by atoms with van der Waals surface area (Å²) in [6.07, 6.45) is 6.57. The number of imidazole rings is 1. The number of fused-ring (bicyclic) bond motifs is 1. The molecular weight excluding hydrogens is 268 g/mol. The van der Waals surface area contributed by atoms with E-state index < -0.39 is 0 Å². The minimum Gasteiger partial charge on any atom is -0.327 e. The molecule has 20 heavy (non-hydrogen) atoms. The minimum atomic E-state index is 0.596. The Kier molecular flexibility index (Phi) is 2.85. The molecule has 0 N–H and O–H groups in total. The number of rotatable bonds is 5. The first-order chi connectivity index (χ1) is 9.72. The van der Waals surface area contributed by atoms with Crippen molar-refractivity contribution < 1.29 is 0 Å². The Balaban J connectivity index is 1.78. The third-order valence-corrected chi connectivity index (χ3v) is 5.30. The number of nitrogens with zero attached hydrogens (tertiary/aromatic N) is 2. The second-order valence-electron chi connectivity index (χ2n) is 6.68. The molecule has 0 atom stereocenters. The molecule has 3 heteroatoms. The normalized spacial score (nSPS) is 20.5. The van der Waals surface area contributed by atoms with E-state index in [1.54, 1.807) is 0 Å². The van der Waals surface area contributed by atoms with E-state index in [4.69, 9.17) is 16.6 Å². The fraction of sp³-hybridized carbons (Fsp3) is 0.588. The van der Waals surface area contributed by atoms with E-state index in [2.05, 4.69) is 29.7 Å². The number of halogens is 1. The van der Waals surface area contributed by atoms with Crippen LogP contribution in [0.25, 0.3) is 11.0 Å². The predicted molar refractivity (Wildman–Crippen MR) is 83.3 cm³/mol. The lowest BCUT2D eigenvalue weighted by molar-refractivity contribution is 0.369. The Bertz CT molecular complexity index is 650. The summed E-state index contributed by atoms with van der Waals surface area (Å²) in [6.45, 7) is 3.32. The third kappa shape index (κ3) is 2.05. The SMILES string of the molecule is Cc1ccc2nc(CCCl)n(CC3(C4CC4)CC3)c2c1. The molecule has 106 valence electrons. The van der Waals surface area contributed by atoms with Gasteiger partial charge in [0, 0.05) is 18.8 Å². The molecule has 4 rings (SSSR count). The molecule has 1 aromatic heterocycles. The van der Waals surface area contributed by atoms with Gasteiger partial charge in [-0.05, 0) is 61.6 Å². The van der Waals surface area contributed by atoms with Gasteiger partial charge in [-0.1, -0.05) is 6.07 Å². The van der Waals surface area contributed by atoms with Crippen molar-refractivity contribution in [3.63, 3.8) is 0 Å². The second kappa shape index (κ2) is 4.49. The lowest BCUT2D eigenvalue weighted by Gasteiger charge is -2.18. The summed E-state index contributed by atoms with van der Waals surface area (Å²) in [4.78, 5) is 4.81. The van der Waals surface area contributed by atoms with E-state index in [0.29, 0.717) is 11.3 Å². The predicted octanol–water partition coefficient (Wildman–Crippen LogP) is 4.32. The van der Waals surface area contributed by atoms with E-state index in [-0.39, 0.29) is 0 Å². The van der Waals surface area contributed by atoms with Crippen LogP contribution >= 0.6 is 11.6 Å². The molecule has 0 bridgehead atoms. The zero-order valence-electron chi connectivity index (χ0n) is 12.0. The van der Waals surface area contributed by atoms with E-state index in [9.17, 15) is 0 Å². The molecule has 2 saturated carbocycles. The number of aromatic nitrogens is 2. The van der Waals surface area contributed by atoms with Crippen LogP contribution < -0.4 is 0 Å². The van der Waals surface area contributed by atoms with Gasteiger partial charge in [0.1, 0.15) is 5.82 Å². The van der Waals surface area contributed by atoms with Gasteiger partial charge < -0.3 is 4.57 Å². The van der Waals surface area contributed by atoms with Crippen molar-refractivity contribution in [2.75, 3.05) is 5.88 Å². The lowest BCUT2D eigenvalue weighted by atomic mass is 10.0. The molecule has 0 radical (unpaired) electrons. The van der Waals surface area contributed by atoms with Gasteiger partial charge in [0.25, 0.3) is 0 Å². The monoisotopic (exact) mass is 288 g/mol. The maximum absolute atomic E-state index is 5.98. The third-order valence-electron chi connectivity index (χ3n) is 5.11. The van der Waals surface area contributed by atoms with Crippen LogP contribution in [0.5, 0.6) is 0 Å². The molecule has 2 aliphatic carbocycles. The Morgan fingerprint density at radius 1 is 1.35 bits per heavy atom. The first-order valence-corrected chi connectivity index (χ1v) is 8.27. The van der Waals surface area contributed by atoms with E-state index in [1.807, 2.05) is 0 Å². The maximum atomic E-state index is 5.98. The number of aryl methyl sites for hydroxylation is 2. The average Bonchev–Trinajstić information content (AvgIpc) is 3.31. The van der Waals surface area contributed by atoms with Crippen molar-refractivity contribution in [2.45, 2.75) is 45.6 Å². The molecule has 0 spiro atoms. The van der Waals surface area contributed by atoms with Crippen LogP contribution in [0.1, 0.15) is 37.1 Å². The lowest BCUT2D eigenvalue weighted by Crippen LogP contribution is -2.16. The van der Waals surface area contributed by atoms with Crippen LogP contribution in [0.4, 0.5) is 0 Å². The van der Waals surface area contributed by atoms with Gasteiger partial charge in [0.05, 0.1) is 11.0 Å². The van der Waals surface area contributed by atoms with Crippen LogP contribution in [-0.4, -0.2) is 15.4 Å². The standard InChI is InChI=1S/C17H21ClN2/c1-12-2-5-14-15(10-12)20(16(19-14)6-9-18)11-17(7-8-17)13-3-4-13/h2,5,10,13H,3-4,6-9,11H2,1H3. The van der Waals surface area contributed by atoms with E-state index >= 15 is 0 Å². The molecular formula is C17H21ClN2. The summed E-state index contributed by atoms with van der Waals surface area (Å²) in [5, 5.41) is 0. The summed E-state index contributed by atoms with van der Waals surface area (Å²) in [7, 11) is 0. The van der Waals surface area contributed by atoms with Gasteiger partial charge in [-0.3, -0.25) is 0 Å². The van der Waals surface area contributed by atoms with Gasteiger partial charge in [-0.25, -0.2) is 4.98 Å². The maximum Gasteiger partial charge on any atom is 0.111 e. The van der Waals surface area contributed by atoms with Crippen LogP contribution in [0.2, 0.25) is 0 Å². The molecule has 1 heterocycles. The highest BCUT2D eigenvalue weighted by molar-refractivity contribution is 6.17. The second-order valence-corrected chi connectivity index (χ2v) is 7.06. The van der Waals surface area contributed by atoms with Gasteiger partial charge >= 0.3 is 0 Å². The quantitative estimate of drug-likeness (QED) is 0.750. The molecule has 0 saturated heterocycles. The Morgan fingerprint density at radius 3 is 2.80 bits per heavy atom. The smallest absolute Gasteiger partial charge is 0.111 e. The summed E-state index contributed by atoms with van der Waals surface area (Å²) in [5.41, 5.74) is 4.34. The van der Waals surface area contributed by atoms with Crippen molar-refractivity contribution >= 4 is 22.6 Å². The molecule has 2 aromatic rings. The summed E-state index contributed by atoms with van der Waals surface area (Å²) in [5.74, 6) is 2.81. The van der Waals surface area contributed by atoms with Gasteiger partial charge in [-0.15, -0.1) is 11.6 Å². The highest BCUT2D eigenvalue weighted by atomic mass is 35.5. The highest BCUT2D eigenvalue weighted by Crippen LogP contribution is 2.62. The van der Waals surface area contributed by atoms with Crippen LogP contribution in [0.3, 0.4) is 0 Å². The molecule has 0 unspecified atom stereocenters. The van der Waals surface area contributed by atoms with Crippen molar-refractivity contribution in [3.05, 3.63) is 29.6 Å². The van der Waals surface area contributed by atoms with Crippen molar-refractivity contribution in [3.8, 4) is 0 Å². The van der Waals surface area contributed by atoms with Gasteiger partial charge in [0.15, 0.2) is 0 Å². The Labute approximate surface area is 125 Å². The van der Waals surface area contributed by atoms with Crippen molar-refractivity contribution in [1.29, 1.82) is 0 Å². The molecule has 1 aromatic carbocycles. The van der Waals surface area contributed by atoms with Crippen LogP contribution in [0, 0.1) is 18.3 Å². The summed E-state index contributed by atoms with van der Waals surface area (Å²) in [6, 6.07) is 6.58. The van der Waals surface area contributed by atoms with Gasteiger partial charge in [0.2, 0.25) is 0 Å². The molecule has 0 amide bonds. The van der Waals surface area contributed by atoms with E-state index in [1.165, 1.54) is 42.6 Å². The topological polar surface area (TPSA) is 17.8 Å². The van der Waals surface area contributed by atoms with Crippen LogP contribution in [0.15, 0.2) is 18.2 Å². The number of benzene rings is 1. The van der Waals surface area contributed by atoms with Gasteiger partial charge in [-0.2, -0.15) is 0 Å². The largest absolute Gasteiger partial charge is 0.327 e. The first-order valence-electron chi connectivity index (χ1n) is 7.74. The summed E-state index contributed by atoms with van der Waals surface area (Å²) < 4.78 is 2.47. The zero-order chi connectivity index (χ0) is 13.7. The highest BCUT2D eigenvalue weighted by Gasteiger charge is 2.54. The van der Waals surface area contributed by atoms with E-state index in [0.717, 1.165) is 24.4 Å². The van der Waals surface area contributed by atoms with Crippen molar-refractivity contribution in [2.24, 2.45) is 11.3 Å². The molecule has 2 aliphatic rings. The number of hydrogen-bond acceptors (Lipinski definition) is 1. The number of hydrogen-bond donors (Lipinski definition) is 0. The molecule has 2 nitrogen and oxygen atoms in total. The molecule has 0 aliphatic heterocycles. The fourth-order valence-corrected chi connectivity index (χ4v) is 3.77. The molecule has 2 fully saturated rings. The van der Waals surface area contributed by atoms with Crippen LogP contribution in [-0.2, 0) is 13.0 Å². The fourth-order valence-electron chi connectivity index (χ4n) is 3.60. The Morgan fingerprint density at radius 2 is 2.15 bits per heavy atom.